The third-order valence-corrected chi connectivity index (χ3v) is 4.60. The molecule has 2 aliphatic heterocycles. The molecule has 0 aromatic carbocycles. The average Bonchev–Trinajstić information content (AvgIpc) is 2.61. The van der Waals surface area contributed by atoms with E-state index in [1.807, 2.05) is 0 Å². The van der Waals surface area contributed by atoms with Gasteiger partial charge in [-0.1, -0.05) is 45.2 Å². The van der Waals surface area contributed by atoms with Crippen LogP contribution in [0.5, 0.6) is 0 Å². The summed E-state index contributed by atoms with van der Waals surface area (Å²) in [5.74, 6) is 0.727. The number of rotatable bonds is 2. The van der Waals surface area contributed by atoms with Gasteiger partial charge < -0.3 is 9.47 Å². The standard InChI is InChI=1S/C10H12I2O3/c11-4-6-1-2-9-8(10(13)15-6)3-7(5-12)14-9/h6-7H,1-5H2. The fourth-order valence-electron chi connectivity index (χ4n) is 1.83. The first-order valence-corrected chi connectivity index (χ1v) is 8.01. The Bertz CT molecular complexity index is 301. The van der Waals surface area contributed by atoms with E-state index in [1.54, 1.807) is 0 Å². The summed E-state index contributed by atoms with van der Waals surface area (Å²) in [4.78, 5) is 11.8. The van der Waals surface area contributed by atoms with Gasteiger partial charge in [0.15, 0.2) is 0 Å². The minimum atomic E-state index is -0.156. The Kier molecular flexibility index (Phi) is 4.14. The van der Waals surface area contributed by atoms with Crippen molar-refractivity contribution in [3.8, 4) is 0 Å². The van der Waals surface area contributed by atoms with Crippen molar-refractivity contribution < 1.29 is 14.3 Å². The Labute approximate surface area is 116 Å². The highest BCUT2D eigenvalue weighted by atomic mass is 127. The smallest absolute Gasteiger partial charge is 0.337 e. The Balaban J connectivity index is 2.09. The second-order valence-electron chi connectivity index (χ2n) is 3.72. The van der Waals surface area contributed by atoms with E-state index in [0.29, 0.717) is 0 Å². The Hall–Kier alpha value is 0.470. The van der Waals surface area contributed by atoms with Gasteiger partial charge in [-0.05, 0) is 6.42 Å². The number of esters is 1. The number of ether oxygens (including phenoxy) is 2. The van der Waals surface area contributed by atoms with E-state index < -0.39 is 0 Å². The van der Waals surface area contributed by atoms with E-state index in [-0.39, 0.29) is 18.2 Å². The van der Waals surface area contributed by atoms with Crippen LogP contribution in [0.25, 0.3) is 0 Å². The molecule has 2 unspecified atom stereocenters. The Morgan fingerprint density at radius 3 is 2.60 bits per heavy atom. The van der Waals surface area contributed by atoms with Crippen molar-refractivity contribution in [3.63, 3.8) is 0 Å². The lowest BCUT2D eigenvalue weighted by Gasteiger charge is -2.14. The lowest BCUT2D eigenvalue weighted by atomic mass is 10.1. The number of alkyl halides is 2. The van der Waals surface area contributed by atoms with Crippen molar-refractivity contribution in [2.75, 3.05) is 8.86 Å². The lowest BCUT2D eigenvalue weighted by Crippen LogP contribution is -2.20. The molecule has 0 saturated carbocycles. The van der Waals surface area contributed by atoms with Crippen LogP contribution in [0.1, 0.15) is 19.3 Å². The van der Waals surface area contributed by atoms with E-state index in [1.165, 1.54) is 0 Å². The fourth-order valence-corrected chi connectivity index (χ4v) is 2.94. The Morgan fingerprint density at radius 2 is 1.93 bits per heavy atom. The molecule has 0 saturated heterocycles. The van der Waals surface area contributed by atoms with Crippen molar-refractivity contribution in [1.82, 2.24) is 0 Å². The molecular formula is C10H12I2O3. The minimum absolute atomic E-state index is 0.0605. The van der Waals surface area contributed by atoms with Crippen molar-refractivity contribution >= 4 is 51.2 Å². The third-order valence-electron chi connectivity index (χ3n) is 2.63. The molecule has 3 nitrogen and oxygen atoms in total. The first-order valence-electron chi connectivity index (χ1n) is 4.96. The highest BCUT2D eigenvalue weighted by Crippen LogP contribution is 2.33. The molecule has 0 N–H and O–H groups in total. The lowest BCUT2D eigenvalue weighted by molar-refractivity contribution is -0.143. The second-order valence-corrected chi connectivity index (χ2v) is 5.48. The van der Waals surface area contributed by atoms with Crippen molar-refractivity contribution in [2.45, 2.75) is 31.5 Å². The van der Waals surface area contributed by atoms with Crippen molar-refractivity contribution in [3.05, 3.63) is 11.3 Å². The van der Waals surface area contributed by atoms with Gasteiger partial charge in [0.25, 0.3) is 0 Å². The summed E-state index contributed by atoms with van der Waals surface area (Å²) in [6.07, 6.45) is 2.71. The number of carbonyl (C=O) groups excluding carboxylic acids is 1. The van der Waals surface area contributed by atoms with E-state index in [0.717, 1.165) is 39.4 Å². The molecule has 2 aliphatic rings. The van der Waals surface area contributed by atoms with Crippen LogP contribution in [0, 0.1) is 0 Å². The van der Waals surface area contributed by atoms with Crippen LogP contribution in [-0.4, -0.2) is 27.0 Å². The van der Waals surface area contributed by atoms with Gasteiger partial charge in [-0.3, -0.25) is 0 Å². The summed E-state index contributed by atoms with van der Waals surface area (Å²) >= 11 is 4.54. The molecule has 0 radical (unpaired) electrons. The SMILES string of the molecule is O=C1OC(CI)CCC2=C1CC(CI)O2. The van der Waals surface area contributed by atoms with Crippen molar-refractivity contribution in [2.24, 2.45) is 0 Å². The normalized spacial score (nSPS) is 30.7. The van der Waals surface area contributed by atoms with Gasteiger partial charge in [-0.2, -0.15) is 0 Å². The second kappa shape index (κ2) is 5.20. The Morgan fingerprint density at radius 1 is 1.20 bits per heavy atom. The molecule has 2 heterocycles. The summed E-state index contributed by atoms with van der Waals surface area (Å²) in [5.41, 5.74) is 0.781. The predicted molar refractivity (Wildman–Crippen MR) is 73.4 cm³/mol. The highest BCUT2D eigenvalue weighted by Gasteiger charge is 2.34. The van der Waals surface area contributed by atoms with Gasteiger partial charge in [0.05, 0.1) is 5.57 Å². The minimum Gasteiger partial charge on any atom is -0.493 e. The largest absolute Gasteiger partial charge is 0.493 e. The summed E-state index contributed by atoms with van der Waals surface area (Å²) in [6, 6.07) is 0. The molecule has 0 fully saturated rings. The van der Waals surface area contributed by atoms with E-state index >= 15 is 0 Å². The molecule has 2 atom stereocenters. The monoisotopic (exact) mass is 434 g/mol. The van der Waals surface area contributed by atoms with Gasteiger partial charge in [-0.25, -0.2) is 4.79 Å². The summed E-state index contributed by atoms with van der Waals surface area (Å²) in [7, 11) is 0. The number of allylic oxidation sites excluding steroid dienone is 1. The van der Waals surface area contributed by atoms with Crippen LogP contribution in [0.3, 0.4) is 0 Å². The topological polar surface area (TPSA) is 35.5 Å². The maximum absolute atomic E-state index is 11.8. The van der Waals surface area contributed by atoms with Crippen molar-refractivity contribution in [1.29, 1.82) is 0 Å². The molecule has 15 heavy (non-hydrogen) atoms. The molecule has 84 valence electrons. The first kappa shape index (κ1) is 11.9. The quantitative estimate of drug-likeness (QED) is 0.381. The number of hydrogen-bond acceptors (Lipinski definition) is 3. The average molecular weight is 434 g/mol. The summed E-state index contributed by atoms with van der Waals surface area (Å²) in [6.45, 7) is 0. The van der Waals surface area contributed by atoms with Gasteiger partial charge in [0.2, 0.25) is 0 Å². The van der Waals surface area contributed by atoms with Crippen LogP contribution in [0.2, 0.25) is 0 Å². The molecule has 0 bridgehead atoms. The van der Waals surface area contributed by atoms with Crippen LogP contribution in [0.15, 0.2) is 11.3 Å². The zero-order chi connectivity index (χ0) is 10.8. The molecule has 0 amide bonds. The maximum Gasteiger partial charge on any atom is 0.337 e. The highest BCUT2D eigenvalue weighted by molar-refractivity contribution is 14.1. The molecular weight excluding hydrogens is 422 g/mol. The number of carbonyl (C=O) groups is 1. The van der Waals surface area contributed by atoms with E-state index in [4.69, 9.17) is 9.47 Å². The number of halogens is 2. The zero-order valence-corrected chi connectivity index (χ0v) is 12.5. The van der Waals surface area contributed by atoms with Crippen LogP contribution < -0.4 is 0 Å². The van der Waals surface area contributed by atoms with Crippen LogP contribution in [-0.2, 0) is 14.3 Å². The molecule has 0 aromatic heterocycles. The molecule has 5 heteroatoms. The van der Waals surface area contributed by atoms with E-state index in [2.05, 4.69) is 45.2 Å². The van der Waals surface area contributed by atoms with E-state index in [9.17, 15) is 4.79 Å². The zero-order valence-electron chi connectivity index (χ0n) is 8.17. The molecule has 0 aliphatic carbocycles. The predicted octanol–water partition coefficient (Wildman–Crippen LogP) is 2.61. The van der Waals surface area contributed by atoms with Gasteiger partial charge in [-0.15, -0.1) is 0 Å². The number of cyclic esters (lactones) is 1. The molecule has 0 aromatic rings. The fraction of sp³-hybridized carbons (Fsp3) is 0.700. The number of hydrogen-bond donors (Lipinski definition) is 0. The van der Waals surface area contributed by atoms with Gasteiger partial charge in [0.1, 0.15) is 18.0 Å². The van der Waals surface area contributed by atoms with Gasteiger partial charge >= 0.3 is 5.97 Å². The first-order chi connectivity index (χ1) is 7.24. The van der Waals surface area contributed by atoms with Crippen LogP contribution >= 0.6 is 45.2 Å². The van der Waals surface area contributed by atoms with Gasteiger partial charge in [0, 0.05) is 21.7 Å². The molecule has 0 spiro atoms. The maximum atomic E-state index is 11.8. The summed E-state index contributed by atoms with van der Waals surface area (Å²) in [5, 5.41) is 0. The molecule has 2 rings (SSSR count). The summed E-state index contributed by atoms with van der Waals surface area (Å²) < 4.78 is 12.9. The van der Waals surface area contributed by atoms with Crippen LogP contribution in [0.4, 0.5) is 0 Å². The third kappa shape index (κ3) is 2.59.